The summed E-state index contributed by atoms with van der Waals surface area (Å²) in [5, 5.41) is 0. The van der Waals surface area contributed by atoms with E-state index >= 15 is 0 Å². The summed E-state index contributed by atoms with van der Waals surface area (Å²) in [6.45, 7) is 0. The summed E-state index contributed by atoms with van der Waals surface area (Å²) < 4.78 is 92.0. The van der Waals surface area contributed by atoms with Crippen LogP contribution in [0.1, 0.15) is 11.1 Å². The van der Waals surface area contributed by atoms with E-state index in [1.807, 2.05) is 0 Å². The lowest BCUT2D eigenvalue weighted by Crippen LogP contribution is -2.11. The van der Waals surface area contributed by atoms with Gasteiger partial charge in [0, 0.05) is 12.1 Å². The average Bonchev–Trinajstić information content (AvgIpc) is 2.63. The fourth-order valence-corrected chi connectivity index (χ4v) is 4.72. The molecule has 0 heterocycles. The van der Waals surface area contributed by atoms with Gasteiger partial charge >= 0.3 is 12.4 Å². The van der Waals surface area contributed by atoms with Gasteiger partial charge in [0.15, 0.2) is 14.7 Å². The van der Waals surface area contributed by atoms with E-state index in [1.54, 1.807) is 0 Å². The van der Waals surface area contributed by atoms with Crippen molar-refractivity contribution in [2.45, 2.75) is 27.0 Å². The Labute approximate surface area is 159 Å². The number of rotatable bonds is 3. The summed E-state index contributed by atoms with van der Waals surface area (Å²) in [6, 6.07) is 13.8. The van der Waals surface area contributed by atoms with E-state index in [2.05, 4.69) is 0 Å². The van der Waals surface area contributed by atoms with Gasteiger partial charge in [-0.25, -0.2) is 4.39 Å². The molecule has 28 heavy (non-hydrogen) atoms. The summed E-state index contributed by atoms with van der Waals surface area (Å²) in [4.78, 5) is 0.765. The Morgan fingerprint density at radius 1 is 0.536 bits per heavy atom. The molecule has 0 aliphatic rings. The summed E-state index contributed by atoms with van der Waals surface area (Å²) >= 11 is 0. The topological polar surface area (TPSA) is 0 Å². The first kappa shape index (κ1) is 20.3. The predicted molar refractivity (Wildman–Crippen MR) is 91.5 cm³/mol. The molecule has 0 bridgehead atoms. The Morgan fingerprint density at radius 2 is 0.964 bits per heavy atom. The van der Waals surface area contributed by atoms with Gasteiger partial charge in [0.2, 0.25) is 0 Å². The second kappa shape index (κ2) is 7.50. The molecule has 0 N–H and O–H groups in total. The predicted octanol–water partition coefficient (Wildman–Crippen LogP) is 6.96. The molecule has 0 saturated heterocycles. The number of hydrogen-bond donors (Lipinski definition) is 0. The number of hydrogen-bond acceptors (Lipinski definition) is 0. The smallest absolute Gasteiger partial charge is 0.207 e. The molecule has 3 rings (SSSR count). The molecule has 0 amide bonds. The van der Waals surface area contributed by atoms with Crippen LogP contribution in [-0.2, 0) is 23.2 Å². The van der Waals surface area contributed by atoms with Gasteiger partial charge in [0.05, 0.1) is 22.0 Å². The highest BCUT2D eigenvalue weighted by Gasteiger charge is 2.37. The van der Waals surface area contributed by atoms with Crippen LogP contribution in [0, 0.1) is 5.82 Å². The van der Waals surface area contributed by atoms with Crippen molar-refractivity contribution in [2.24, 2.45) is 0 Å². The zero-order valence-electron chi connectivity index (χ0n) is 14.0. The van der Waals surface area contributed by atoms with E-state index < -0.39 is 40.2 Å². The lowest BCUT2D eigenvalue weighted by Gasteiger charge is -2.12. The summed E-state index contributed by atoms with van der Waals surface area (Å²) in [6.07, 6.45) is -9.19. The molecule has 0 saturated carbocycles. The van der Waals surface area contributed by atoms with Gasteiger partial charge in [-0.05, 0) is 48.5 Å². The number of benzene rings is 3. The molecule has 0 unspecified atom stereocenters. The first-order valence-corrected chi connectivity index (χ1v) is 9.12. The van der Waals surface area contributed by atoms with Crippen molar-refractivity contribution >= 4 is 10.9 Å². The molecule has 0 spiro atoms. The Kier molecular flexibility index (Phi) is 5.43. The third kappa shape index (κ3) is 4.49. The highest BCUT2D eigenvalue weighted by Crippen LogP contribution is 2.38. The van der Waals surface area contributed by atoms with Crippen molar-refractivity contribution in [1.29, 1.82) is 0 Å². The minimum absolute atomic E-state index is 0.181. The Bertz CT molecular complexity index is 902. The van der Waals surface area contributed by atoms with Gasteiger partial charge in [-0.15, -0.1) is 0 Å². The van der Waals surface area contributed by atoms with E-state index in [9.17, 15) is 30.7 Å². The van der Waals surface area contributed by atoms with Crippen molar-refractivity contribution in [1.82, 2.24) is 0 Å². The van der Waals surface area contributed by atoms with Gasteiger partial charge in [-0.2, -0.15) is 26.3 Å². The van der Waals surface area contributed by atoms with Crippen LogP contribution in [-0.4, -0.2) is 0 Å². The van der Waals surface area contributed by atoms with Crippen LogP contribution in [0.15, 0.2) is 87.5 Å². The summed E-state index contributed by atoms with van der Waals surface area (Å²) in [7, 11) is -1.28. The zero-order valence-corrected chi connectivity index (χ0v) is 14.8. The van der Waals surface area contributed by atoms with Crippen LogP contribution in [0.4, 0.5) is 30.7 Å². The van der Waals surface area contributed by atoms with Crippen molar-refractivity contribution in [2.75, 3.05) is 0 Å². The lowest BCUT2D eigenvalue weighted by atomic mass is 10.2. The van der Waals surface area contributed by atoms with Crippen LogP contribution in [0.25, 0.3) is 0 Å². The molecular weight excluding hydrogens is 405 g/mol. The van der Waals surface area contributed by atoms with Crippen LogP contribution in [0.3, 0.4) is 0 Å². The highest BCUT2D eigenvalue weighted by atomic mass is 32.2. The quantitative estimate of drug-likeness (QED) is 0.319. The van der Waals surface area contributed by atoms with Crippen molar-refractivity contribution in [3.05, 3.63) is 89.7 Å². The molecule has 0 atom stereocenters. The second-order valence-electron chi connectivity index (χ2n) is 5.81. The molecule has 0 aliphatic carbocycles. The largest absolute Gasteiger partial charge is 0.416 e. The van der Waals surface area contributed by atoms with Crippen LogP contribution >= 0.6 is 0 Å². The monoisotopic (exact) mass is 417 g/mol. The first-order chi connectivity index (χ1) is 13.1. The molecule has 0 nitrogen and oxygen atoms in total. The maximum absolute atomic E-state index is 13.3. The Balaban J connectivity index is 2.19. The van der Waals surface area contributed by atoms with Crippen molar-refractivity contribution in [3.63, 3.8) is 0 Å². The molecule has 0 fully saturated rings. The maximum Gasteiger partial charge on any atom is 0.416 e. The third-order valence-electron chi connectivity index (χ3n) is 3.84. The normalized spacial score (nSPS) is 12.4. The Hall–Kier alpha value is -2.48. The average molecular weight is 417 g/mol. The SMILES string of the molecule is Fc1ccc([S+](c2cccc(C(F)(F)F)c2)c2cccc(C(F)(F)F)c2)cc1. The van der Waals surface area contributed by atoms with Crippen LogP contribution in [0.2, 0.25) is 0 Å². The van der Waals surface area contributed by atoms with Gasteiger partial charge in [0.1, 0.15) is 5.82 Å². The lowest BCUT2D eigenvalue weighted by molar-refractivity contribution is -0.138. The molecule has 3 aromatic rings. The van der Waals surface area contributed by atoms with Crippen LogP contribution < -0.4 is 0 Å². The van der Waals surface area contributed by atoms with Crippen LogP contribution in [0.5, 0.6) is 0 Å². The molecule has 146 valence electrons. The summed E-state index contributed by atoms with van der Waals surface area (Å²) in [5.74, 6) is -0.555. The first-order valence-electron chi connectivity index (χ1n) is 7.90. The molecule has 0 radical (unpaired) electrons. The minimum Gasteiger partial charge on any atom is -0.207 e. The molecular formula is C20H12F7S+. The van der Waals surface area contributed by atoms with Crippen molar-refractivity contribution < 1.29 is 30.7 Å². The maximum atomic E-state index is 13.3. The molecule has 8 heteroatoms. The second-order valence-corrected chi connectivity index (χ2v) is 7.84. The highest BCUT2D eigenvalue weighted by molar-refractivity contribution is 7.97. The van der Waals surface area contributed by atoms with E-state index in [1.165, 1.54) is 36.4 Å². The molecule has 0 aromatic heterocycles. The van der Waals surface area contributed by atoms with Gasteiger partial charge in [0.25, 0.3) is 0 Å². The van der Waals surface area contributed by atoms with E-state index in [0.29, 0.717) is 4.90 Å². The van der Waals surface area contributed by atoms with E-state index in [0.717, 1.165) is 36.4 Å². The number of alkyl halides is 6. The fraction of sp³-hybridized carbons (Fsp3) is 0.100. The minimum atomic E-state index is -4.60. The van der Waals surface area contributed by atoms with Crippen molar-refractivity contribution in [3.8, 4) is 0 Å². The zero-order chi connectivity index (χ0) is 20.5. The molecule has 3 aromatic carbocycles. The van der Waals surface area contributed by atoms with E-state index in [-0.39, 0.29) is 9.79 Å². The van der Waals surface area contributed by atoms with E-state index in [4.69, 9.17) is 0 Å². The Morgan fingerprint density at radius 3 is 1.36 bits per heavy atom. The van der Waals surface area contributed by atoms with Gasteiger partial charge < -0.3 is 0 Å². The standard InChI is InChI=1S/C20H12F7S/c21-15-7-9-16(10-8-15)28(17-5-1-3-13(11-17)19(22,23)24)18-6-2-4-14(12-18)20(25,26)27/h1-12H/q+1. The number of halogens is 7. The molecule has 0 aliphatic heterocycles. The van der Waals surface area contributed by atoms with Gasteiger partial charge in [-0.1, -0.05) is 12.1 Å². The third-order valence-corrected chi connectivity index (χ3v) is 6.04. The van der Waals surface area contributed by atoms with Gasteiger partial charge in [-0.3, -0.25) is 0 Å². The fourth-order valence-electron chi connectivity index (χ4n) is 2.58. The summed E-state index contributed by atoms with van der Waals surface area (Å²) in [5.41, 5.74) is -1.81.